The molecule has 1 aliphatic rings. The van der Waals surface area contributed by atoms with Gasteiger partial charge in [-0.2, -0.15) is 0 Å². The molecule has 1 aromatic rings. The molecule has 0 fully saturated rings. The largest absolute Gasteiger partial charge is 0.489 e. The van der Waals surface area contributed by atoms with Crippen LogP contribution in [0, 0.1) is 0 Å². The summed E-state index contributed by atoms with van der Waals surface area (Å²) >= 11 is 0. The molecule has 0 saturated heterocycles. The molecule has 0 aromatic heterocycles. The zero-order valence-electron chi connectivity index (χ0n) is 13.8. The van der Waals surface area contributed by atoms with Crippen molar-refractivity contribution in [1.82, 2.24) is 5.32 Å². The van der Waals surface area contributed by atoms with Crippen LogP contribution in [0.25, 0.3) is 0 Å². The molecule has 0 amide bonds. The number of ether oxygens (including phenoxy) is 1. The standard InChI is InChI=1S/C17H27NO4/c1-16(2,3)18-17(4,21)10-22-15-7-5-6-11-8-13(19)14(20)9-12(11)15/h5-7,13-14,18-21H,8-10H2,1-4H3/t13-,14+,17-/m1/s1. The van der Waals surface area contributed by atoms with E-state index >= 15 is 0 Å². The van der Waals surface area contributed by atoms with Gasteiger partial charge in [0.2, 0.25) is 0 Å². The van der Waals surface area contributed by atoms with Crippen molar-refractivity contribution in [2.24, 2.45) is 0 Å². The number of aliphatic hydroxyl groups is 3. The van der Waals surface area contributed by atoms with E-state index in [-0.39, 0.29) is 12.1 Å². The van der Waals surface area contributed by atoms with Crippen LogP contribution in [0.15, 0.2) is 18.2 Å². The molecule has 0 spiro atoms. The molecule has 124 valence electrons. The van der Waals surface area contributed by atoms with Gasteiger partial charge < -0.3 is 20.1 Å². The first kappa shape index (κ1) is 17.2. The van der Waals surface area contributed by atoms with Gasteiger partial charge in [0.25, 0.3) is 0 Å². The lowest BCUT2D eigenvalue weighted by molar-refractivity contribution is -0.0373. The summed E-state index contributed by atoms with van der Waals surface area (Å²) in [4.78, 5) is 0. The molecule has 22 heavy (non-hydrogen) atoms. The average Bonchev–Trinajstić information content (AvgIpc) is 2.35. The Hall–Kier alpha value is -1.14. The summed E-state index contributed by atoms with van der Waals surface area (Å²) in [6, 6.07) is 5.63. The average molecular weight is 309 g/mol. The molecular formula is C17H27NO4. The van der Waals surface area contributed by atoms with E-state index in [2.05, 4.69) is 5.32 Å². The number of aliphatic hydroxyl groups excluding tert-OH is 2. The van der Waals surface area contributed by atoms with Gasteiger partial charge >= 0.3 is 0 Å². The number of rotatable bonds is 4. The molecule has 0 aliphatic heterocycles. The maximum Gasteiger partial charge on any atom is 0.147 e. The van der Waals surface area contributed by atoms with Crippen LogP contribution in [0.2, 0.25) is 0 Å². The second kappa shape index (κ2) is 6.16. The minimum atomic E-state index is -1.16. The maximum atomic E-state index is 10.4. The number of hydrogen-bond donors (Lipinski definition) is 4. The Labute approximate surface area is 131 Å². The second-order valence-corrected chi connectivity index (χ2v) is 7.37. The van der Waals surface area contributed by atoms with E-state index in [4.69, 9.17) is 4.74 Å². The highest BCUT2D eigenvalue weighted by Crippen LogP contribution is 2.30. The summed E-state index contributed by atoms with van der Waals surface area (Å²) in [5, 5.41) is 33.1. The summed E-state index contributed by atoms with van der Waals surface area (Å²) in [6.07, 6.45) is -0.717. The zero-order valence-corrected chi connectivity index (χ0v) is 13.8. The number of fused-ring (bicyclic) bond motifs is 1. The lowest BCUT2D eigenvalue weighted by atomic mass is 9.87. The van der Waals surface area contributed by atoms with Gasteiger partial charge in [-0.3, -0.25) is 5.32 Å². The molecular weight excluding hydrogens is 282 g/mol. The minimum Gasteiger partial charge on any atom is -0.489 e. The highest BCUT2D eigenvalue weighted by atomic mass is 16.5. The van der Waals surface area contributed by atoms with Crippen molar-refractivity contribution in [3.05, 3.63) is 29.3 Å². The molecule has 1 aromatic carbocycles. The third-order valence-corrected chi connectivity index (χ3v) is 3.67. The summed E-state index contributed by atoms with van der Waals surface area (Å²) in [6.45, 7) is 7.70. The van der Waals surface area contributed by atoms with Crippen molar-refractivity contribution in [2.45, 2.75) is 64.0 Å². The molecule has 0 bridgehead atoms. The van der Waals surface area contributed by atoms with E-state index in [0.29, 0.717) is 18.6 Å². The molecule has 5 nitrogen and oxygen atoms in total. The SMILES string of the molecule is CC(C)(C)N[C@](C)(O)COc1cccc2c1C[C@H](O)[C@H](O)C2. The van der Waals surface area contributed by atoms with Crippen LogP contribution in [-0.4, -0.2) is 45.4 Å². The summed E-state index contributed by atoms with van der Waals surface area (Å²) < 4.78 is 5.79. The van der Waals surface area contributed by atoms with Crippen LogP contribution >= 0.6 is 0 Å². The van der Waals surface area contributed by atoms with E-state index in [1.54, 1.807) is 6.92 Å². The molecule has 0 unspecified atom stereocenters. The molecule has 2 rings (SSSR count). The lowest BCUT2D eigenvalue weighted by Gasteiger charge is -2.34. The van der Waals surface area contributed by atoms with E-state index in [9.17, 15) is 15.3 Å². The smallest absolute Gasteiger partial charge is 0.147 e. The quantitative estimate of drug-likeness (QED) is 0.624. The van der Waals surface area contributed by atoms with Crippen molar-refractivity contribution >= 4 is 0 Å². The van der Waals surface area contributed by atoms with Gasteiger partial charge in [0.1, 0.15) is 18.1 Å². The van der Waals surface area contributed by atoms with E-state index in [1.807, 2.05) is 39.0 Å². The third kappa shape index (κ3) is 4.43. The molecule has 3 atom stereocenters. The Morgan fingerprint density at radius 1 is 1.14 bits per heavy atom. The van der Waals surface area contributed by atoms with Gasteiger partial charge in [-0.05, 0) is 39.3 Å². The van der Waals surface area contributed by atoms with Gasteiger partial charge in [-0.1, -0.05) is 12.1 Å². The Balaban J connectivity index is 2.10. The predicted molar refractivity (Wildman–Crippen MR) is 84.9 cm³/mol. The molecule has 0 radical (unpaired) electrons. The van der Waals surface area contributed by atoms with Gasteiger partial charge in [-0.25, -0.2) is 0 Å². The van der Waals surface area contributed by atoms with E-state index in [0.717, 1.165) is 11.1 Å². The number of nitrogens with one attached hydrogen (secondary N) is 1. The van der Waals surface area contributed by atoms with Gasteiger partial charge in [0, 0.05) is 23.9 Å². The molecule has 4 N–H and O–H groups in total. The molecule has 0 saturated carbocycles. The monoisotopic (exact) mass is 309 g/mol. The highest BCUT2D eigenvalue weighted by Gasteiger charge is 2.30. The van der Waals surface area contributed by atoms with Crippen molar-refractivity contribution in [2.75, 3.05) is 6.61 Å². The number of benzene rings is 1. The van der Waals surface area contributed by atoms with Crippen LogP contribution in [0.3, 0.4) is 0 Å². The minimum absolute atomic E-state index is 0.0966. The lowest BCUT2D eigenvalue weighted by Crippen LogP contribution is -2.55. The van der Waals surface area contributed by atoms with Crippen LogP contribution < -0.4 is 10.1 Å². The van der Waals surface area contributed by atoms with Gasteiger partial charge in [-0.15, -0.1) is 0 Å². The number of hydrogen-bond acceptors (Lipinski definition) is 5. The van der Waals surface area contributed by atoms with E-state index < -0.39 is 17.9 Å². The fourth-order valence-electron chi connectivity index (χ4n) is 2.94. The van der Waals surface area contributed by atoms with Gasteiger partial charge in [0.05, 0.1) is 12.2 Å². The maximum absolute atomic E-state index is 10.4. The van der Waals surface area contributed by atoms with Crippen molar-refractivity contribution in [3.8, 4) is 5.75 Å². The first-order chi connectivity index (χ1) is 10.1. The van der Waals surface area contributed by atoms with Gasteiger partial charge in [0.15, 0.2) is 0 Å². The first-order valence-corrected chi connectivity index (χ1v) is 7.69. The highest BCUT2D eigenvalue weighted by molar-refractivity contribution is 5.43. The van der Waals surface area contributed by atoms with E-state index in [1.165, 1.54) is 0 Å². The van der Waals surface area contributed by atoms with Crippen LogP contribution in [0.1, 0.15) is 38.8 Å². The van der Waals surface area contributed by atoms with Crippen LogP contribution in [0.4, 0.5) is 0 Å². The Bertz CT molecular complexity index is 522. The second-order valence-electron chi connectivity index (χ2n) is 7.37. The van der Waals surface area contributed by atoms with Crippen LogP contribution in [0.5, 0.6) is 5.75 Å². The molecule has 1 aliphatic carbocycles. The normalized spacial score (nSPS) is 24.5. The van der Waals surface area contributed by atoms with Crippen molar-refractivity contribution in [1.29, 1.82) is 0 Å². The zero-order chi connectivity index (χ0) is 16.5. The third-order valence-electron chi connectivity index (χ3n) is 3.67. The summed E-state index contributed by atoms with van der Waals surface area (Å²) in [5.41, 5.74) is 0.502. The first-order valence-electron chi connectivity index (χ1n) is 7.69. The van der Waals surface area contributed by atoms with Crippen molar-refractivity contribution < 1.29 is 20.1 Å². The van der Waals surface area contributed by atoms with Crippen LogP contribution in [-0.2, 0) is 12.8 Å². The Morgan fingerprint density at radius 3 is 2.41 bits per heavy atom. The fraction of sp³-hybridized carbons (Fsp3) is 0.647. The Morgan fingerprint density at radius 2 is 1.77 bits per heavy atom. The van der Waals surface area contributed by atoms with Crippen molar-refractivity contribution in [3.63, 3.8) is 0 Å². The predicted octanol–water partition coefficient (Wildman–Crippen LogP) is 0.982. The summed E-state index contributed by atoms with van der Waals surface area (Å²) in [7, 11) is 0. The molecule has 5 heteroatoms. The topological polar surface area (TPSA) is 82.0 Å². The Kier molecular flexibility index (Phi) is 4.82. The fourth-order valence-corrected chi connectivity index (χ4v) is 2.94. The molecule has 0 heterocycles. The summed E-state index contributed by atoms with van der Waals surface area (Å²) in [5.74, 6) is 0.652.